The Balaban J connectivity index is 1.25. The van der Waals surface area contributed by atoms with E-state index in [1.165, 1.54) is 32.4 Å². The normalized spacial score (nSPS) is 13.3. The molecule has 4 amide bonds. The predicted molar refractivity (Wildman–Crippen MR) is 234 cm³/mol. The van der Waals surface area contributed by atoms with Crippen molar-refractivity contribution in [1.29, 1.82) is 0 Å². The van der Waals surface area contributed by atoms with Crippen molar-refractivity contribution in [3.63, 3.8) is 0 Å². The highest BCUT2D eigenvalue weighted by Crippen LogP contribution is 2.33. The fraction of sp³-hybridized carbons (Fsp3) is 0.395. The van der Waals surface area contributed by atoms with Crippen LogP contribution in [0.5, 0.6) is 11.5 Å². The molecule has 1 aliphatic rings. The van der Waals surface area contributed by atoms with E-state index in [1.807, 2.05) is 39.8 Å². The van der Waals surface area contributed by atoms with Gasteiger partial charge in [0, 0.05) is 43.9 Å². The van der Waals surface area contributed by atoms with Crippen LogP contribution in [0.25, 0.3) is 22.1 Å². The lowest BCUT2D eigenvalue weighted by atomic mass is 10.1. The van der Waals surface area contributed by atoms with E-state index in [9.17, 15) is 19.2 Å². The summed E-state index contributed by atoms with van der Waals surface area (Å²) in [6.45, 7) is 12.1. The van der Waals surface area contributed by atoms with Gasteiger partial charge in [-0.1, -0.05) is 18.6 Å². The third-order valence-corrected chi connectivity index (χ3v) is 10.8. The molecule has 1 saturated heterocycles. The molecule has 0 bridgehead atoms. The zero-order chi connectivity index (χ0) is 44.1. The number of likely N-dealkylation sites (tertiary alicyclic amines) is 1. The standard InChI is InChI=1S/C43H53N13O6/c1-6-55-32(20-26(3)50-55)40(59)48-42-46-30-22-28(38(44)57)24-34(61-5)36(30)53(42)17-11-12-18-54-37-31(47-43(54)49-41(60)33-21-27(4)51-56(33)7-2)23-29(39(45)58)25-35(37)62-19-13-16-52-14-9-8-10-15-52/h11-12,20-25H,6-10,13-19H2,1-5H3,(H2,44,57)(H2,45,58)(H,46,48,59)(H,47,49,60)/b12-11+. The van der Waals surface area contributed by atoms with Gasteiger partial charge in [0.15, 0.2) is 0 Å². The second kappa shape index (κ2) is 18.7. The Morgan fingerprint density at radius 1 is 0.710 bits per heavy atom. The largest absolute Gasteiger partial charge is 0.494 e. The van der Waals surface area contributed by atoms with E-state index in [2.05, 4.69) is 25.7 Å². The molecule has 19 heteroatoms. The first-order valence-corrected chi connectivity index (χ1v) is 20.8. The number of allylic oxidation sites excluding steroid dienone is 2. The van der Waals surface area contributed by atoms with Crippen molar-refractivity contribution >= 4 is 57.6 Å². The summed E-state index contributed by atoms with van der Waals surface area (Å²) in [6, 6.07) is 9.67. The number of primary amides is 2. The number of rotatable bonds is 18. The number of piperidine rings is 1. The molecule has 2 aromatic carbocycles. The lowest BCUT2D eigenvalue weighted by Crippen LogP contribution is -2.31. The van der Waals surface area contributed by atoms with Gasteiger partial charge in [-0.05, 0) is 96.4 Å². The molecule has 5 heterocycles. The zero-order valence-corrected chi connectivity index (χ0v) is 35.7. The first-order valence-electron chi connectivity index (χ1n) is 20.8. The van der Waals surface area contributed by atoms with Gasteiger partial charge >= 0.3 is 0 Å². The second-order valence-corrected chi connectivity index (χ2v) is 15.2. The number of carbonyl (C=O) groups excluding carboxylic acids is 4. The highest BCUT2D eigenvalue weighted by Gasteiger charge is 2.24. The lowest BCUT2D eigenvalue weighted by Gasteiger charge is -2.26. The van der Waals surface area contributed by atoms with Gasteiger partial charge in [0.05, 0.1) is 36.1 Å². The SMILES string of the molecule is CCn1nc(C)cc1C(=O)Nc1nc2cc(C(N)=O)cc(OC)c2n1C/C=C/Cn1c(NC(=O)c2cc(C)nn2CC)nc2cc(C(N)=O)cc(OCCCN3CCCCC3)c21. The predicted octanol–water partition coefficient (Wildman–Crippen LogP) is 4.66. The number of nitrogens with two attached hydrogens (primary N) is 2. The van der Waals surface area contributed by atoms with Crippen LogP contribution in [-0.4, -0.2) is 101 Å². The van der Waals surface area contributed by atoms with E-state index in [0.717, 1.165) is 26.1 Å². The summed E-state index contributed by atoms with van der Waals surface area (Å²) in [5.74, 6) is -1.02. The molecule has 1 fully saturated rings. The number of fused-ring (bicyclic) bond motifs is 2. The number of aryl methyl sites for hydroxylation is 4. The maximum Gasteiger partial charge on any atom is 0.276 e. The molecule has 19 nitrogen and oxygen atoms in total. The van der Waals surface area contributed by atoms with Gasteiger partial charge in [-0.15, -0.1) is 0 Å². The lowest BCUT2D eigenvalue weighted by molar-refractivity contribution is 0.0991. The van der Waals surface area contributed by atoms with Gasteiger partial charge in [-0.2, -0.15) is 10.2 Å². The number of amides is 4. The summed E-state index contributed by atoms with van der Waals surface area (Å²) in [7, 11) is 1.47. The summed E-state index contributed by atoms with van der Waals surface area (Å²) in [4.78, 5) is 64.2. The minimum atomic E-state index is -0.661. The number of benzene rings is 2. The number of methoxy groups -OCH3 is 1. The Labute approximate surface area is 358 Å². The van der Waals surface area contributed by atoms with Gasteiger partial charge < -0.3 is 35.0 Å². The fourth-order valence-corrected chi connectivity index (χ4v) is 7.84. The van der Waals surface area contributed by atoms with Crippen LogP contribution < -0.4 is 31.6 Å². The van der Waals surface area contributed by atoms with Gasteiger partial charge in [-0.3, -0.25) is 39.2 Å². The summed E-state index contributed by atoms with van der Waals surface area (Å²) in [5.41, 5.74) is 15.8. The Bertz CT molecular complexity index is 2680. The van der Waals surface area contributed by atoms with E-state index in [4.69, 9.17) is 30.9 Å². The van der Waals surface area contributed by atoms with E-state index < -0.39 is 23.6 Å². The van der Waals surface area contributed by atoms with Crippen molar-refractivity contribution in [2.45, 2.75) is 79.6 Å². The van der Waals surface area contributed by atoms with Gasteiger partial charge in [-0.25, -0.2) is 9.97 Å². The van der Waals surface area contributed by atoms with Gasteiger partial charge in [0.25, 0.3) is 11.8 Å². The van der Waals surface area contributed by atoms with Crippen LogP contribution in [0.2, 0.25) is 0 Å². The van der Waals surface area contributed by atoms with Crippen LogP contribution in [0.4, 0.5) is 11.9 Å². The molecule has 62 heavy (non-hydrogen) atoms. The minimum absolute atomic E-state index is 0.180. The van der Waals surface area contributed by atoms with Crippen molar-refractivity contribution in [1.82, 2.24) is 43.6 Å². The molecule has 0 spiro atoms. The monoisotopic (exact) mass is 847 g/mol. The van der Waals surface area contributed by atoms with Crippen molar-refractivity contribution in [2.24, 2.45) is 11.5 Å². The number of anilines is 2. The number of ether oxygens (including phenoxy) is 2. The molecule has 0 unspecified atom stereocenters. The smallest absolute Gasteiger partial charge is 0.276 e. The van der Waals surface area contributed by atoms with Crippen LogP contribution in [0.15, 0.2) is 48.6 Å². The first-order chi connectivity index (χ1) is 29.9. The first kappa shape index (κ1) is 43.1. The number of nitrogens with one attached hydrogen (secondary N) is 2. The number of hydrogen-bond donors (Lipinski definition) is 4. The van der Waals surface area contributed by atoms with Crippen molar-refractivity contribution in [3.05, 3.63) is 82.5 Å². The number of imidazole rings is 2. The average molecular weight is 848 g/mol. The summed E-state index contributed by atoms with van der Waals surface area (Å²) >= 11 is 0. The van der Waals surface area contributed by atoms with E-state index in [1.54, 1.807) is 48.8 Å². The maximum atomic E-state index is 13.8. The van der Waals surface area contributed by atoms with E-state index in [-0.39, 0.29) is 36.1 Å². The fourth-order valence-electron chi connectivity index (χ4n) is 7.84. The van der Waals surface area contributed by atoms with Crippen molar-refractivity contribution in [3.8, 4) is 11.5 Å². The van der Waals surface area contributed by atoms with Crippen LogP contribution in [0.1, 0.15) is 92.6 Å². The highest BCUT2D eigenvalue weighted by atomic mass is 16.5. The third kappa shape index (κ3) is 9.16. The summed E-state index contributed by atoms with van der Waals surface area (Å²) in [5, 5.41) is 14.7. The van der Waals surface area contributed by atoms with Crippen LogP contribution in [0, 0.1) is 13.8 Å². The molecular weight excluding hydrogens is 795 g/mol. The molecule has 4 aromatic heterocycles. The Hall–Kier alpha value is -7.02. The molecule has 7 rings (SSSR count). The quantitative estimate of drug-likeness (QED) is 0.0686. The topological polar surface area (TPSA) is 237 Å². The van der Waals surface area contributed by atoms with E-state index >= 15 is 0 Å². The van der Waals surface area contributed by atoms with E-state index in [0.29, 0.717) is 76.0 Å². The zero-order valence-electron chi connectivity index (χ0n) is 35.7. The third-order valence-electron chi connectivity index (χ3n) is 10.8. The van der Waals surface area contributed by atoms with Crippen LogP contribution in [0.3, 0.4) is 0 Å². The number of nitrogens with zero attached hydrogens (tertiary/aromatic N) is 9. The number of carbonyl (C=O) groups is 4. The van der Waals surface area contributed by atoms with Crippen molar-refractivity contribution < 1.29 is 28.7 Å². The van der Waals surface area contributed by atoms with Gasteiger partial charge in [0.2, 0.25) is 23.7 Å². The molecule has 326 valence electrons. The molecule has 0 aliphatic carbocycles. The Morgan fingerprint density at radius 2 is 1.19 bits per heavy atom. The molecule has 1 aliphatic heterocycles. The number of aromatic nitrogens is 8. The molecular formula is C43H53N13O6. The molecule has 6 N–H and O–H groups in total. The van der Waals surface area contributed by atoms with Crippen LogP contribution >= 0.6 is 0 Å². The maximum absolute atomic E-state index is 13.8. The molecule has 6 aromatic rings. The summed E-state index contributed by atoms with van der Waals surface area (Å²) in [6.07, 6.45) is 8.12. The second-order valence-electron chi connectivity index (χ2n) is 15.2. The van der Waals surface area contributed by atoms with Crippen LogP contribution in [-0.2, 0) is 26.2 Å². The highest BCUT2D eigenvalue weighted by molar-refractivity contribution is 6.05. The molecule has 0 saturated carbocycles. The Morgan fingerprint density at radius 3 is 1.66 bits per heavy atom. The minimum Gasteiger partial charge on any atom is -0.494 e. The molecule has 0 atom stereocenters. The Kier molecular flexibility index (Phi) is 13.0. The van der Waals surface area contributed by atoms with Crippen molar-refractivity contribution in [2.75, 3.05) is 44.0 Å². The number of hydrogen-bond acceptors (Lipinski definition) is 11. The average Bonchev–Trinajstić information content (AvgIpc) is 4.03. The molecule has 0 radical (unpaired) electrons. The summed E-state index contributed by atoms with van der Waals surface area (Å²) < 4.78 is 18.9. The van der Waals surface area contributed by atoms with Gasteiger partial charge in [0.1, 0.15) is 33.9 Å².